The van der Waals surface area contributed by atoms with Crippen LogP contribution in [0.15, 0.2) is 120 Å². The van der Waals surface area contributed by atoms with Crippen LogP contribution in [-0.4, -0.2) is 18.0 Å². The van der Waals surface area contributed by atoms with Gasteiger partial charge in [0.15, 0.2) is 0 Å². The molecule has 0 saturated carbocycles. The van der Waals surface area contributed by atoms with E-state index in [0.29, 0.717) is 0 Å². The van der Waals surface area contributed by atoms with Gasteiger partial charge in [-0.3, -0.25) is 0 Å². The Morgan fingerprint density at radius 3 is 2.30 bits per heavy atom. The third kappa shape index (κ3) is 6.55. The van der Waals surface area contributed by atoms with E-state index in [4.69, 9.17) is 9.40 Å². The second-order valence-corrected chi connectivity index (χ2v) is 17.8. The van der Waals surface area contributed by atoms with Gasteiger partial charge in [0.05, 0.1) is 13.7 Å². The second-order valence-electron chi connectivity index (χ2n) is 12.7. The number of hydrogen-bond acceptors (Lipinski definition) is 3. The molecule has 3 heterocycles. The zero-order valence-corrected chi connectivity index (χ0v) is 29.8. The predicted octanol–water partition coefficient (Wildman–Crippen LogP) is 10.1. The average molecular weight is 793 g/mol. The molecule has 0 amide bonds. The van der Waals surface area contributed by atoms with Crippen molar-refractivity contribution >= 4 is 35.2 Å². The molecule has 0 fully saturated rings. The van der Waals surface area contributed by atoms with E-state index >= 15 is 0 Å². The van der Waals surface area contributed by atoms with Crippen LogP contribution < -0.4 is 5.19 Å². The summed E-state index contributed by atoms with van der Waals surface area (Å²) in [5.41, 5.74) is 11.1. The summed E-state index contributed by atoms with van der Waals surface area (Å²) in [7, 11) is -1.23. The maximum Gasteiger partial charge on any atom is 0.120 e. The van der Waals surface area contributed by atoms with E-state index in [0.717, 1.165) is 57.3 Å². The molecule has 5 heteroatoms. The molecule has 4 aromatic carbocycles. The Bertz CT molecular complexity index is 2080. The van der Waals surface area contributed by atoms with Gasteiger partial charge in [-0.05, 0) is 71.6 Å². The summed E-state index contributed by atoms with van der Waals surface area (Å²) in [5, 5.41) is 3.66. The molecule has 1 aliphatic carbocycles. The molecule has 0 aliphatic heterocycles. The molecule has 8 rings (SSSR count). The number of aryl methyl sites for hydroxylation is 1. The predicted molar refractivity (Wildman–Crippen MR) is 189 cm³/mol. The molecule has 231 valence electrons. The van der Waals surface area contributed by atoms with Gasteiger partial charge in [-0.1, -0.05) is 90.2 Å². The average Bonchev–Trinajstić information content (AvgIpc) is 3.47. The molecule has 1 radical (unpaired) electrons. The number of pyridine rings is 2. The topological polar surface area (TPSA) is 38.9 Å². The number of fused-ring (bicyclic) bond motifs is 4. The van der Waals surface area contributed by atoms with Crippen molar-refractivity contribution in [3.8, 4) is 33.6 Å². The van der Waals surface area contributed by atoms with Gasteiger partial charge in [-0.15, -0.1) is 54.1 Å². The summed E-state index contributed by atoms with van der Waals surface area (Å²) in [6.07, 6.45) is 8.66. The standard InChI is InChI=1S/C27H20NO.C14H16NSi.Ir/c1-2-7-18(8-3-1)20-13-14-25-24(17-20)22-11-6-12-23(27(22)29-25)26-21-10-5-4-9-19(21)15-16-28-26;1-16(2,3)13-9-10-14(15-11-13)12-7-5-4-6-8-12;/h1-3,6-8,11,13-17H,4-5,9-10H2;4-7,9-11H,1-3H3;/q2*-1;. The van der Waals surface area contributed by atoms with Crippen LogP contribution in [0, 0.1) is 12.1 Å². The fourth-order valence-electron chi connectivity index (χ4n) is 6.16. The summed E-state index contributed by atoms with van der Waals surface area (Å²) in [6, 6.07) is 42.1. The fourth-order valence-corrected chi connectivity index (χ4v) is 7.19. The normalized spacial score (nSPS) is 12.6. The van der Waals surface area contributed by atoms with Gasteiger partial charge < -0.3 is 14.4 Å². The number of aromatic nitrogens is 2. The molecule has 0 N–H and O–H groups in total. The Hall–Kier alpha value is -4.15. The van der Waals surface area contributed by atoms with Crippen molar-refractivity contribution in [1.82, 2.24) is 9.97 Å². The molecule has 0 unspecified atom stereocenters. The van der Waals surface area contributed by atoms with Crippen LogP contribution in [0.4, 0.5) is 0 Å². The minimum absolute atomic E-state index is 0. The largest absolute Gasteiger partial charge is 0.501 e. The van der Waals surface area contributed by atoms with Gasteiger partial charge in [-0.25, -0.2) is 0 Å². The smallest absolute Gasteiger partial charge is 0.120 e. The molecular formula is C41H36IrN2OSi-2. The Morgan fingerprint density at radius 1 is 0.717 bits per heavy atom. The quantitative estimate of drug-likeness (QED) is 0.132. The molecule has 3 aromatic heterocycles. The molecule has 1 aliphatic rings. The van der Waals surface area contributed by atoms with E-state index in [9.17, 15) is 0 Å². The van der Waals surface area contributed by atoms with Crippen molar-refractivity contribution in [1.29, 1.82) is 0 Å². The van der Waals surface area contributed by atoms with Crippen LogP contribution in [0.2, 0.25) is 19.6 Å². The van der Waals surface area contributed by atoms with Gasteiger partial charge in [0.1, 0.15) is 5.58 Å². The van der Waals surface area contributed by atoms with Crippen molar-refractivity contribution in [2.24, 2.45) is 0 Å². The van der Waals surface area contributed by atoms with E-state index in [1.54, 1.807) is 0 Å². The van der Waals surface area contributed by atoms with Crippen LogP contribution in [-0.2, 0) is 32.9 Å². The minimum atomic E-state index is -1.23. The molecule has 0 saturated heterocycles. The third-order valence-corrected chi connectivity index (χ3v) is 10.7. The van der Waals surface area contributed by atoms with Crippen molar-refractivity contribution in [2.45, 2.75) is 45.3 Å². The van der Waals surface area contributed by atoms with Gasteiger partial charge >= 0.3 is 0 Å². The molecular weight excluding hydrogens is 757 g/mol. The van der Waals surface area contributed by atoms with Crippen LogP contribution in [0.3, 0.4) is 0 Å². The van der Waals surface area contributed by atoms with Crippen LogP contribution in [0.5, 0.6) is 0 Å². The number of hydrogen-bond donors (Lipinski definition) is 0. The third-order valence-electron chi connectivity index (χ3n) is 8.67. The van der Waals surface area contributed by atoms with Gasteiger partial charge in [0.25, 0.3) is 0 Å². The molecule has 46 heavy (non-hydrogen) atoms. The van der Waals surface area contributed by atoms with E-state index in [-0.39, 0.29) is 20.1 Å². The molecule has 0 atom stereocenters. The van der Waals surface area contributed by atoms with Gasteiger partial charge in [-0.2, -0.15) is 0 Å². The second kappa shape index (κ2) is 13.7. The monoisotopic (exact) mass is 793 g/mol. The van der Waals surface area contributed by atoms with E-state index < -0.39 is 8.07 Å². The summed E-state index contributed by atoms with van der Waals surface area (Å²) in [5.74, 6) is 0. The first-order chi connectivity index (χ1) is 22.0. The maximum atomic E-state index is 6.35. The number of benzene rings is 4. The molecule has 7 aromatic rings. The van der Waals surface area contributed by atoms with Crippen molar-refractivity contribution < 1.29 is 24.5 Å². The summed E-state index contributed by atoms with van der Waals surface area (Å²) in [6.45, 7) is 7.00. The van der Waals surface area contributed by atoms with Crippen molar-refractivity contribution in [2.75, 3.05) is 0 Å². The Labute approximate surface area is 286 Å². The van der Waals surface area contributed by atoms with Gasteiger partial charge in [0.2, 0.25) is 0 Å². The maximum absolute atomic E-state index is 6.35. The first kappa shape index (κ1) is 31.8. The first-order valence-corrected chi connectivity index (χ1v) is 19.3. The number of nitrogens with zero attached hydrogens (tertiary/aromatic N) is 2. The molecule has 0 spiro atoms. The van der Waals surface area contributed by atoms with Gasteiger partial charge in [0, 0.05) is 37.9 Å². The van der Waals surface area contributed by atoms with Crippen LogP contribution in [0.1, 0.15) is 24.0 Å². The summed E-state index contributed by atoms with van der Waals surface area (Å²) < 4.78 is 6.35. The minimum Gasteiger partial charge on any atom is -0.501 e. The van der Waals surface area contributed by atoms with Crippen molar-refractivity contribution in [3.05, 3.63) is 139 Å². The van der Waals surface area contributed by atoms with E-state index in [1.165, 1.54) is 40.3 Å². The summed E-state index contributed by atoms with van der Waals surface area (Å²) in [4.78, 5) is 9.28. The first-order valence-electron chi connectivity index (χ1n) is 15.8. The number of furan rings is 1. The fraction of sp³-hybridized carbons (Fsp3) is 0.171. The van der Waals surface area contributed by atoms with Crippen molar-refractivity contribution in [3.63, 3.8) is 0 Å². The zero-order valence-electron chi connectivity index (χ0n) is 26.4. The number of rotatable bonds is 4. The Kier molecular flexibility index (Phi) is 9.46. The van der Waals surface area contributed by atoms with Crippen LogP contribution in [0.25, 0.3) is 55.6 Å². The SMILES string of the molecule is C[Si](C)(C)c1ccc(-c2[c-]cccc2)nc1.[Ir].[c-]1ccc2c(oc3ccc(-c4ccccc4)cc32)c1-c1nccc2c1CCCC2. The van der Waals surface area contributed by atoms with E-state index in [1.807, 2.05) is 48.8 Å². The van der Waals surface area contributed by atoms with E-state index in [2.05, 4.69) is 103 Å². The molecule has 0 bridgehead atoms. The Balaban J connectivity index is 0.000000187. The summed E-state index contributed by atoms with van der Waals surface area (Å²) >= 11 is 0. The van der Waals surface area contributed by atoms with Crippen LogP contribution >= 0.6 is 0 Å². The Morgan fingerprint density at radius 2 is 1.54 bits per heavy atom. The zero-order chi connectivity index (χ0) is 30.8. The molecule has 3 nitrogen and oxygen atoms in total.